The molecule has 1 unspecified atom stereocenters. The number of ether oxygens (including phenoxy) is 1. The molecular formula is C41H50BrClN7O4S. The number of halogens is 2. The number of fused-ring (bicyclic) bond motifs is 1. The lowest BCUT2D eigenvalue weighted by Crippen LogP contribution is -2.51. The lowest BCUT2D eigenvalue weighted by molar-refractivity contribution is 0.0262. The summed E-state index contributed by atoms with van der Waals surface area (Å²) >= 11 is 9.92. The molecule has 4 aromatic rings. The summed E-state index contributed by atoms with van der Waals surface area (Å²) in [6.07, 6.45) is 11.6. The van der Waals surface area contributed by atoms with Crippen LogP contribution in [0.1, 0.15) is 76.0 Å². The van der Waals surface area contributed by atoms with Crippen molar-refractivity contribution in [3.63, 3.8) is 0 Å². The minimum Gasteiger partial charge on any atom is -0.381 e. The number of aromatic amines is 1. The van der Waals surface area contributed by atoms with Gasteiger partial charge in [-0.15, -0.1) is 0 Å². The minimum atomic E-state index is -4.07. The highest BCUT2D eigenvalue weighted by molar-refractivity contribution is 9.10. The van der Waals surface area contributed by atoms with Crippen LogP contribution < -0.4 is 5.32 Å². The van der Waals surface area contributed by atoms with E-state index in [0.717, 1.165) is 71.2 Å². The molecule has 4 aliphatic rings. The molecule has 8 rings (SSSR count). The molecule has 293 valence electrons. The second-order valence-corrected chi connectivity index (χ2v) is 19.6. The van der Waals surface area contributed by atoms with Gasteiger partial charge in [0.25, 0.3) is 0 Å². The van der Waals surface area contributed by atoms with E-state index in [4.69, 9.17) is 16.3 Å². The maximum atomic E-state index is 14.7. The summed E-state index contributed by atoms with van der Waals surface area (Å²) in [7, 11) is -4.07. The highest BCUT2D eigenvalue weighted by Crippen LogP contribution is 2.45. The molecule has 55 heavy (non-hydrogen) atoms. The number of pyridine rings is 2. The number of piperidine rings is 1. The Labute approximate surface area is 337 Å². The van der Waals surface area contributed by atoms with Crippen molar-refractivity contribution in [1.82, 2.24) is 29.1 Å². The van der Waals surface area contributed by atoms with Gasteiger partial charge >= 0.3 is 0 Å². The van der Waals surface area contributed by atoms with E-state index in [2.05, 4.69) is 72.0 Å². The number of nitrogens with zero attached hydrogens (tertiary/aromatic N) is 5. The van der Waals surface area contributed by atoms with Crippen molar-refractivity contribution in [2.75, 3.05) is 57.8 Å². The fourth-order valence-electron chi connectivity index (χ4n) is 9.03. The predicted molar refractivity (Wildman–Crippen MR) is 219 cm³/mol. The number of nitrogens with one attached hydrogen (secondary N) is 2. The number of allylic oxidation sites excluding steroid dienone is 1. The number of rotatable bonds is 9. The first-order valence-electron chi connectivity index (χ1n) is 19.5. The molecule has 14 heteroatoms. The normalized spacial score (nSPS) is 22.7. The van der Waals surface area contributed by atoms with E-state index in [9.17, 15) is 13.5 Å². The molecule has 3 saturated heterocycles. The number of piperazine rings is 1. The zero-order chi connectivity index (χ0) is 38.3. The molecule has 2 N–H and O–H groups in total. The van der Waals surface area contributed by atoms with Crippen molar-refractivity contribution in [2.45, 2.75) is 81.8 Å². The first kappa shape index (κ1) is 38.8. The highest BCUT2D eigenvalue weighted by Gasteiger charge is 2.41. The number of H-pyrrole nitrogens is 1. The Bertz CT molecular complexity index is 2150. The lowest BCUT2D eigenvalue weighted by atomic mass is 9.72. The quantitative estimate of drug-likeness (QED) is 0.172. The van der Waals surface area contributed by atoms with Gasteiger partial charge in [0, 0.05) is 92.9 Å². The van der Waals surface area contributed by atoms with Gasteiger partial charge in [0.1, 0.15) is 16.4 Å². The summed E-state index contributed by atoms with van der Waals surface area (Å²) in [6, 6.07) is 11.7. The van der Waals surface area contributed by atoms with Gasteiger partial charge in [-0.1, -0.05) is 43.2 Å². The van der Waals surface area contributed by atoms with Crippen molar-refractivity contribution >= 4 is 60.0 Å². The molecule has 0 bridgehead atoms. The summed E-state index contributed by atoms with van der Waals surface area (Å²) in [5, 5.41) is 18.6. The van der Waals surface area contributed by atoms with Crippen LogP contribution in [0.5, 0.6) is 5.75 Å². The van der Waals surface area contributed by atoms with Crippen LogP contribution in [-0.2, 0) is 19.9 Å². The summed E-state index contributed by atoms with van der Waals surface area (Å²) in [4.78, 5) is 17.1. The molecule has 3 aliphatic heterocycles. The lowest BCUT2D eigenvalue weighted by Gasteiger charge is -2.42. The van der Waals surface area contributed by atoms with Crippen molar-refractivity contribution in [2.24, 2.45) is 5.41 Å². The Balaban J connectivity index is 1.05. The highest BCUT2D eigenvalue weighted by atomic mass is 79.9. The zero-order valence-corrected chi connectivity index (χ0v) is 34.7. The van der Waals surface area contributed by atoms with E-state index in [1.807, 2.05) is 18.2 Å². The fraction of sp³-hybridized carbons (Fsp3) is 0.512. The summed E-state index contributed by atoms with van der Waals surface area (Å²) in [5.74, 6) is 0.358. The van der Waals surface area contributed by atoms with Gasteiger partial charge in [-0.2, -0.15) is 4.31 Å². The second-order valence-electron chi connectivity index (χ2n) is 16.4. The minimum absolute atomic E-state index is 0.0896. The van der Waals surface area contributed by atoms with Gasteiger partial charge in [0.05, 0.1) is 16.7 Å². The fourth-order valence-corrected chi connectivity index (χ4v) is 11.3. The van der Waals surface area contributed by atoms with Crippen molar-refractivity contribution in [3.05, 3.63) is 81.2 Å². The van der Waals surface area contributed by atoms with Crippen LogP contribution in [-0.4, -0.2) is 102 Å². The molecule has 6 heterocycles. The molecule has 3 aromatic heterocycles. The number of hydrogen-bond acceptors (Lipinski definition) is 8. The molecule has 0 spiro atoms. The van der Waals surface area contributed by atoms with Crippen molar-refractivity contribution in [1.29, 1.82) is 0 Å². The van der Waals surface area contributed by atoms with E-state index < -0.39 is 16.1 Å². The third kappa shape index (κ3) is 8.35. The first-order valence-corrected chi connectivity index (χ1v) is 22.1. The number of benzene rings is 1. The number of anilines is 1. The van der Waals surface area contributed by atoms with E-state index in [1.165, 1.54) is 33.4 Å². The maximum absolute atomic E-state index is 14.7. The number of aromatic nitrogens is 3. The second kappa shape index (κ2) is 16.1. The van der Waals surface area contributed by atoms with Crippen LogP contribution in [0.3, 0.4) is 0 Å². The van der Waals surface area contributed by atoms with E-state index in [1.54, 1.807) is 12.3 Å². The van der Waals surface area contributed by atoms with E-state index in [-0.39, 0.29) is 28.6 Å². The molecule has 11 nitrogen and oxygen atoms in total. The molecule has 1 radical (unpaired) electrons. The topological polar surface area (TPSA) is 127 Å². The van der Waals surface area contributed by atoms with Crippen LogP contribution in [0.2, 0.25) is 5.02 Å². The Morgan fingerprint density at radius 3 is 2.53 bits per heavy atom. The number of hydrogen-bond donors (Lipinski definition) is 2. The molecule has 1 aromatic carbocycles. The van der Waals surface area contributed by atoms with Crippen LogP contribution in [0.4, 0.5) is 5.82 Å². The molecule has 0 amide bonds. The van der Waals surface area contributed by atoms with Gasteiger partial charge in [-0.05, 0) is 102 Å². The van der Waals surface area contributed by atoms with Gasteiger partial charge in [0.2, 0.25) is 15.8 Å². The Kier molecular flexibility index (Phi) is 11.3. The largest absolute Gasteiger partial charge is 0.381 e. The Hall–Kier alpha value is -3.04. The summed E-state index contributed by atoms with van der Waals surface area (Å²) < 4.78 is 37.1. The van der Waals surface area contributed by atoms with Crippen molar-refractivity contribution < 1.29 is 18.3 Å². The number of likely N-dealkylation sites (tertiary alicyclic amines) is 1. The average Bonchev–Trinajstić information content (AvgIpc) is 3.66. The standard InChI is InChI=1S/C41H50BrClN7O4S/c1-41(2)13-7-28(34(22-41)27-3-5-29(43)6-4-27)25-48-17-18-50(36(26-48)38-33-8-14-44-39(33)46-24-37(38)51)55(52,53)32-21-35(42)40(45-23-32)47-30-9-15-49(16-10-30)31-11-19-54-20-12-31/h3-6,8,14,21,23-24,30-31,36H,7,9-13,15-20,22,25-26H2,1-2H3,(H,44,46)(H,45,47). The van der Waals surface area contributed by atoms with Crippen LogP contribution in [0.15, 0.2) is 69.9 Å². The zero-order valence-electron chi connectivity index (χ0n) is 31.6. The average molecular weight is 852 g/mol. The molecule has 3 fully saturated rings. The molecule has 1 aliphatic carbocycles. The Morgan fingerprint density at radius 1 is 1.02 bits per heavy atom. The third-order valence-electron chi connectivity index (χ3n) is 12.1. The van der Waals surface area contributed by atoms with Gasteiger partial charge < -0.3 is 19.9 Å². The predicted octanol–water partition coefficient (Wildman–Crippen LogP) is 8.28. The smallest absolute Gasteiger partial charge is 0.245 e. The number of sulfonamides is 1. The van der Waals surface area contributed by atoms with Gasteiger partial charge in [0.15, 0.2) is 0 Å². The Morgan fingerprint density at radius 2 is 1.78 bits per heavy atom. The summed E-state index contributed by atoms with van der Waals surface area (Å²) in [5.41, 5.74) is 5.02. The monoisotopic (exact) mass is 850 g/mol. The van der Waals surface area contributed by atoms with E-state index >= 15 is 0 Å². The van der Waals surface area contributed by atoms with E-state index in [0.29, 0.717) is 57.6 Å². The van der Waals surface area contributed by atoms with Gasteiger partial charge in [-0.3, -0.25) is 10.0 Å². The summed E-state index contributed by atoms with van der Waals surface area (Å²) in [6.45, 7) is 10.1. The van der Waals surface area contributed by atoms with Crippen LogP contribution in [0, 0.1) is 5.41 Å². The van der Waals surface area contributed by atoms with Crippen molar-refractivity contribution in [3.8, 4) is 5.75 Å². The molecule has 1 atom stereocenters. The first-order chi connectivity index (χ1) is 26.4. The van der Waals surface area contributed by atoms with Crippen LogP contribution >= 0.6 is 27.5 Å². The SMILES string of the molecule is CC1(C)CCC(CN2CCN(S(=O)(=O)c3cnc(NC4CCN(C5CCOCC5)CC4)c(Br)c3)C(c3c([O])cnc4[nH]ccc34)C2)=C(c2ccc(Cl)cc2)C1. The van der Waals surface area contributed by atoms with Crippen LogP contribution in [0.25, 0.3) is 16.6 Å². The third-order valence-corrected chi connectivity index (χ3v) is 14.9. The molecule has 0 saturated carbocycles. The maximum Gasteiger partial charge on any atom is 0.245 e. The molecular weight excluding hydrogens is 802 g/mol. The van der Waals surface area contributed by atoms with Gasteiger partial charge in [-0.25, -0.2) is 18.4 Å².